The molecule has 1 heterocycles. The number of hydrogen-bond donors (Lipinski definition) is 1. The maximum Gasteiger partial charge on any atom is 0.0594 e. The summed E-state index contributed by atoms with van der Waals surface area (Å²) in [5, 5.41) is 3.73. The van der Waals surface area contributed by atoms with Crippen molar-refractivity contribution in [3.8, 4) is 0 Å². The van der Waals surface area contributed by atoms with E-state index in [2.05, 4.69) is 31.0 Å². The summed E-state index contributed by atoms with van der Waals surface area (Å²) in [5.74, 6) is 2.61. The van der Waals surface area contributed by atoms with Gasteiger partial charge in [0.15, 0.2) is 0 Å². The molecule has 1 aliphatic carbocycles. The Morgan fingerprint density at radius 2 is 1.95 bits per heavy atom. The fourth-order valence-corrected chi connectivity index (χ4v) is 3.75. The summed E-state index contributed by atoms with van der Waals surface area (Å²) in [6, 6.07) is 0.739. The number of nitrogens with one attached hydrogen (secondary N) is 1. The normalized spacial score (nSPS) is 33.8. The molecule has 1 saturated heterocycles. The first-order valence-electron chi connectivity index (χ1n) is 8.24. The van der Waals surface area contributed by atoms with E-state index in [-0.39, 0.29) is 0 Å². The average Bonchev–Trinajstić information content (AvgIpc) is 2.42. The zero-order chi connectivity index (χ0) is 13.7. The van der Waals surface area contributed by atoms with E-state index >= 15 is 0 Å². The van der Waals surface area contributed by atoms with Crippen LogP contribution in [0.25, 0.3) is 0 Å². The Morgan fingerprint density at radius 3 is 2.58 bits per heavy atom. The molecule has 3 atom stereocenters. The van der Waals surface area contributed by atoms with Crippen LogP contribution in [0.3, 0.4) is 0 Å². The number of morpholine rings is 1. The van der Waals surface area contributed by atoms with Gasteiger partial charge in [0.2, 0.25) is 0 Å². The molecule has 0 spiro atoms. The Balaban J connectivity index is 1.90. The van der Waals surface area contributed by atoms with E-state index in [0.29, 0.717) is 0 Å². The highest BCUT2D eigenvalue weighted by molar-refractivity contribution is 4.87. The van der Waals surface area contributed by atoms with Gasteiger partial charge >= 0.3 is 0 Å². The van der Waals surface area contributed by atoms with Gasteiger partial charge in [0, 0.05) is 25.7 Å². The fourth-order valence-electron chi connectivity index (χ4n) is 3.75. The predicted octanol–water partition coefficient (Wildman–Crippen LogP) is 2.37. The Bertz CT molecular complexity index is 251. The van der Waals surface area contributed by atoms with E-state index in [0.717, 1.165) is 56.6 Å². The third kappa shape index (κ3) is 4.44. The highest BCUT2D eigenvalue weighted by Gasteiger charge is 2.32. The molecule has 0 aromatic carbocycles. The minimum atomic E-state index is 0.739. The molecule has 0 bridgehead atoms. The Kier molecular flexibility index (Phi) is 6.11. The minimum absolute atomic E-state index is 0.739. The number of ether oxygens (including phenoxy) is 1. The lowest BCUT2D eigenvalue weighted by Crippen LogP contribution is -2.48. The van der Waals surface area contributed by atoms with E-state index in [1.165, 1.54) is 25.8 Å². The van der Waals surface area contributed by atoms with Crippen LogP contribution >= 0.6 is 0 Å². The van der Waals surface area contributed by atoms with E-state index in [9.17, 15) is 0 Å². The van der Waals surface area contributed by atoms with E-state index in [4.69, 9.17) is 4.74 Å². The second-order valence-corrected chi connectivity index (χ2v) is 6.65. The van der Waals surface area contributed by atoms with Crippen LogP contribution in [0.4, 0.5) is 0 Å². The van der Waals surface area contributed by atoms with Crippen LogP contribution in [0.5, 0.6) is 0 Å². The van der Waals surface area contributed by atoms with Gasteiger partial charge in [0.05, 0.1) is 13.2 Å². The summed E-state index contributed by atoms with van der Waals surface area (Å²) >= 11 is 0. The zero-order valence-corrected chi connectivity index (χ0v) is 13.0. The van der Waals surface area contributed by atoms with Gasteiger partial charge in [0.25, 0.3) is 0 Å². The van der Waals surface area contributed by atoms with Crippen LogP contribution in [0.1, 0.15) is 40.0 Å². The fraction of sp³-hybridized carbons (Fsp3) is 1.00. The van der Waals surface area contributed by atoms with Crippen molar-refractivity contribution < 1.29 is 4.74 Å². The predicted molar refractivity (Wildman–Crippen MR) is 80.4 cm³/mol. The van der Waals surface area contributed by atoms with E-state index < -0.39 is 0 Å². The Morgan fingerprint density at radius 1 is 1.21 bits per heavy atom. The molecule has 0 aromatic heterocycles. The van der Waals surface area contributed by atoms with Gasteiger partial charge < -0.3 is 10.1 Å². The molecule has 3 unspecified atom stereocenters. The minimum Gasteiger partial charge on any atom is -0.379 e. The maximum atomic E-state index is 5.47. The first-order valence-corrected chi connectivity index (χ1v) is 8.24. The van der Waals surface area contributed by atoms with E-state index in [1.54, 1.807) is 0 Å². The third-order valence-electron chi connectivity index (χ3n) is 5.03. The van der Waals surface area contributed by atoms with Crippen molar-refractivity contribution in [2.45, 2.75) is 46.1 Å². The lowest BCUT2D eigenvalue weighted by atomic mass is 9.73. The standard InChI is InChI=1S/C16H32N2O/c1-4-17-16-6-5-14(13(2)3)11-15(16)12-18-7-9-19-10-8-18/h13-17H,4-12H2,1-3H3. The Hall–Kier alpha value is -0.120. The van der Waals surface area contributed by atoms with Crippen molar-refractivity contribution in [2.24, 2.45) is 17.8 Å². The molecule has 0 aromatic rings. The number of hydrogen-bond acceptors (Lipinski definition) is 3. The Labute approximate surface area is 119 Å². The molecule has 2 aliphatic rings. The summed E-state index contributed by atoms with van der Waals surface area (Å²) < 4.78 is 5.47. The zero-order valence-electron chi connectivity index (χ0n) is 13.0. The molecule has 1 aliphatic heterocycles. The quantitative estimate of drug-likeness (QED) is 0.828. The van der Waals surface area contributed by atoms with Crippen LogP contribution in [0.2, 0.25) is 0 Å². The van der Waals surface area contributed by atoms with Gasteiger partial charge in [-0.25, -0.2) is 0 Å². The molecule has 1 N–H and O–H groups in total. The van der Waals surface area contributed by atoms with Crippen molar-refractivity contribution in [3.05, 3.63) is 0 Å². The summed E-state index contributed by atoms with van der Waals surface area (Å²) in [5.41, 5.74) is 0. The second kappa shape index (κ2) is 7.61. The van der Waals surface area contributed by atoms with Crippen LogP contribution in [0, 0.1) is 17.8 Å². The van der Waals surface area contributed by atoms with Gasteiger partial charge in [-0.15, -0.1) is 0 Å². The van der Waals surface area contributed by atoms with Crippen molar-refractivity contribution in [1.82, 2.24) is 10.2 Å². The third-order valence-corrected chi connectivity index (χ3v) is 5.03. The highest BCUT2D eigenvalue weighted by Crippen LogP contribution is 2.34. The van der Waals surface area contributed by atoms with Gasteiger partial charge in [-0.1, -0.05) is 20.8 Å². The van der Waals surface area contributed by atoms with Crippen LogP contribution in [-0.2, 0) is 4.74 Å². The lowest BCUT2D eigenvalue weighted by molar-refractivity contribution is 0.0195. The van der Waals surface area contributed by atoms with Gasteiger partial charge in [-0.2, -0.15) is 0 Å². The molecular formula is C16H32N2O. The molecule has 2 rings (SSSR count). The first-order chi connectivity index (χ1) is 9.20. The van der Waals surface area contributed by atoms with Gasteiger partial charge in [-0.3, -0.25) is 4.90 Å². The monoisotopic (exact) mass is 268 g/mol. The van der Waals surface area contributed by atoms with Crippen LogP contribution in [0.15, 0.2) is 0 Å². The van der Waals surface area contributed by atoms with Gasteiger partial charge in [-0.05, 0) is 43.6 Å². The molecule has 0 radical (unpaired) electrons. The van der Waals surface area contributed by atoms with Crippen molar-refractivity contribution in [1.29, 1.82) is 0 Å². The van der Waals surface area contributed by atoms with Crippen molar-refractivity contribution >= 4 is 0 Å². The van der Waals surface area contributed by atoms with Crippen molar-refractivity contribution in [2.75, 3.05) is 39.4 Å². The summed E-state index contributed by atoms with van der Waals surface area (Å²) in [4.78, 5) is 2.61. The average molecular weight is 268 g/mol. The number of rotatable bonds is 5. The van der Waals surface area contributed by atoms with Gasteiger partial charge in [0.1, 0.15) is 0 Å². The molecular weight excluding hydrogens is 236 g/mol. The molecule has 0 amide bonds. The summed E-state index contributed by atoms with van der Waals surface area (Å²) in [6.07, 6.45) is 4.19. The molecule has 112 valence electrons. The first kappa shape index (κ1) is 15.3. The largest absolute Gasteiger partial charge is 0.379 e. The lowest BCUT2D eigenvalue weighted by Gasteiger charge is -2.41. The van der Waals surface area contributed by atoms with Crippen molar-refractivity contribution in [3.63, 3.8) is 0 Å². The smallest absolute Gasteiger partial charge is 0.0594 e. The molecule has 3 heteroatoms. The molecule has 1 saturated carbocycles. The maximum absolute atomic E-state index is 5.47. The van der Waals surface area contributed by atoms with Crippen LogP contribution in [-0.4, -0.2) is 50.3 Å². The topological polar surface area (TPSA) is 24.5 Å². The molecule has 19 heavy (non-hydrogen) atoms. The highest BCUT2D eigenvalue weighted by atomic mass is 16.5. The summed E-state index contributed by atoms with van der Waals surface area (Å²) in [7, 11) is 0. The molecule has 3 nitrogen and oxygen atoms in total. The van der Waals surface area contributed by atoms with Crippen LogP contribution < -0.4 is 5.32 Å². The number of nitrogens with zero attached hydrogens (tertiary/aromatic N) is 1. The van der Waals surface area contributed by atoms with E-state index in [1.807, 2.05) is 0 Å². The summed E-state index contributed by atoms with van der Waals surface area (Å²) in [6.45, 7) is 13.5. The second-order valence-electron chi connectivity index (χ2n) is 6.65. The molecule has 2 fully saturated rings. The SMILES string of the molecule is CCNC1CCC(C(C)C)CC1CN1CCOCC1.